The number of hydrogen-bond donors (Lipinski definition) is 2. The second kappa shape index (κ2) is 5.40. The number of benzene rings is 2. The third-order valence-electron chi connectivity index (χ3n) is 2.88. The quantitative estimate of drug-likeness (QED) is 0.885. The molecule has 0 spiro atoms. The van der Waals surface area contributed by atoms with Crippen molar-refractivity contribution in [3.8, 4) is 11.8 Å². The topological polar surface area (TPSA) is 56.0 Å². The fraction of sp³-hybridized carbons (Fsp3) is 0.133. The maximum absolute atomic E-state index is 13.2. The SMILES string of the molecule is Cc1cccc(NCc2ccc(O)c(F)c2)c1C#N. The van der Waals surface area contributed by atoms with Crippen molar-refractivity contribution in [2.45, 2.75) is 13.5 Å². The number of hydrogen-bond acceptors (Lipinski definition) is 3. The van der Waals surface area contributed by atoms with Crippen LogP contribution in [0.5, 0.6) is 5.75 Å². The number of halogens is 1. The maximum Gasteiger partial charge on any atom is 0.165 e. The van der Waals surface area contributed by atoms with Crippen molar-refractivity contribution in [3.05, 3.63) is 58.9 Å². The molecule has 0 amide bonds. The first-order valence-electron chi connectivity index (χ1n) is 5.83. The van der Waals surface area contributed by atoms with Crippen LogP contribution in [0.25, 0.3) is 0 Å². The normalized spacial score (nSPS) is 9.95. The summed E-state index contributed by atoms with van der Waals surface area (Å²) in [6.45, 7) is 2.25. The Balaban J connectivity index is 2.17. The summed E-state index contributed by atoms with van der Waals surface area (Å²) in [6.07, 6.45) is 0. The van der Waals surface area contributed by atoms with Gasteiger partial charge in [0, 0.05) is 6.54 Å². The lowest BCUT2D eigenvalue weighted by Gasteiger charge is -2.10. The second-order valence-electron chi connectivity index (χ2n) is 4.25. The summed E-state index contributed by atoms with van der Waals surface area (Å²) in [5.41, 5.74) is 2.89. The highest BCUT2D eigenvalue weighted by Crippen LogP contribution is 2.20. The highest BCUT2D eigenvalue weighted by Gasteiger charge is 2.05. The lowest BCUT2D eigenvalue weighted by atomic mass is 10.1. The van der Waals surface area contributed by atoms with Gasteiger partial charge in [-0.1, -0.05) is 18.2 Å². The van der Waals surface area contributed by atoms with Gasteiger partial charge in [0.1, 0.15) is 6.07 Å². The molecule has 2 N–H and O–H groups in total. The molecule has 2 aromatic carbocycles. The molecule has 0 saturated heterocycles. The van der Waals surface area contributed by atoms with Crippen molar-refractivity contribution in [1.82, 2.24) is 0 Å². The molecule has 19 heavy (non-hydrogen) atoms. The number of phenols is 1. The molecule has 96 valence electrons. The Labute approximate surface area is 110 Å². The van der Waals surface area contributed by atoms with Gasteiger partial charge in [0.25, 0.3) is 0 Å². The van der Waals surface area contributed by atoms with Crippen LogP contribution in [-0.2, 0) is 6.54 Å². The summed E-state index contributed by atoms with van der Waals surface area (Å²) < 4.78 is 13.2. The van der Waals surface area contributed by atoms with Crippen LogP contribution < -0.4 is 5.32 Å². The molecule has 0 fully saturated rings. The molecule has 3 nitrogen and oxygen atoms in total. The highest BCUT2D eigenvalue weighted by atomic mass is 19.1. The van der Waals surface area contributed by atoms with Gasteiger partial charge < -0.3 is 10.4 Å². The Bertz CT molecular complexity index is 647. The molecular weight excluding hydrogens is 243 g/mol. The maximum atomic E-state index is 13.2. The average Bonchev–Trinajstić information content (AvgIpc) is 2.40. The molecule has 0 aliphatic heterocycles. The van der Waals surface area contributed by atoms with Crippen molar-refractivity contribution < 1.29 is 9.50 Å². The number of nitriles is 1. The smallest absolute Gasteiger partial charge is 0.165 e. The lowest BCUT2D eigenvalue weighted by Crippen LogP contribution is -2.02. The Morgan fingerprint density at radius 3 is 2.79 bits per heavy atom. The van der Waals surface area contributed by atoms with E-state index in [9.17, 15) is 4.39 Å². The molecule has 0 aromatic heterocycles. The predicted octanol–water partition coefficient (Wildman–Crippen LogP) is 3.32. The van der Waals surface area contributed by atoms with Gasteiger partial charge in [0.2, 0.25) is 0 Å². The molecule has 0 aliphatic rings. The van der Waals surface area contributed by atoms with E-state index in [0.29, 0.717) is 17.7 Å². The first kappa shape index (κ1) is 12.9. The summed E-state index contributed by atoms with van der Waals surface area (Å²) in [6, 6.07) is 11.9. The fourth-order valence-corrected chi connectivity index (χ4v) is 1.82. The molecule has 0 atom stereocenters. The van der Waals surface area contributed by atoms with Gasteiger partial charge in [0.15, 0.2) is 11.6 Å². The molecule has 0 aliphatic carbocycles. The second-order valence-corrected chi connectivity index (χ2v) is 4.25. The summed E-state index contributed by atoms with van der Waals surface area (Å²) in [7, 11) is 0. The number of nitrogens with zero attached hydrogens (tertiary/aromatic N) is 1. The molecule has 4 heteroatoms. The third kappa shape index (κ3) is 2.83. The summed E-state index contributed by atoms with van der Waals surface area (Å²) >= 11 is 0. The molecule has 2 rings (SSSR count). The van der Waals surface area contributed by atoms with Crippen molar-refractivity contribution in [2.75, 3.05) is 5.32 Å². The van der Waals surface area contributed by atoms with Crippen LogP contribution in [0, 0.1) is 24.1 Å². The number of phenolic OH excluding ortho intramolecular Hbond substituents is 1. The van der Waals surface area contributed by atoms with E-state index in [1.807, 2.05) is 25.1 Å². The Morgan fingerprint density at radius 1 is 1.32 bits per heavy atom. The van der Waals surface area contributed by atoms with Crippen LogP contribution in [0.4, 0.5) is 10.1 Å². The van der Waals surface area contributed by atoms with E-state index in [2.05, 4.69) is 11.4 Å². The Morgan fingerprint density at radius 2 is 2.11 bits per heavy atom. The molecule has 0 bridgehead atoms. The van der Waals surface area contributed by atoms with Crippen molar-refractivity contribution in [3.63, 3.8) is 0 Å². The zero-order chi connectivity index (χ0) is 13.8. The van der Waals surface area contributed by atoms with E-state index in [1.165, 1.54) is 12.1 Å². The number of aromatic hydroxyl groups is 1. The molecular formula is C15H13FN2O. The van der Waals surface area contributed by atoms with E-state index in [1.54, 1.807) is 6.07 Å². The largest absolute Gasteiger partial charge is 0.505 e. The number of anilines is 1. The van der Waals surface area contributed by atoms with E-state index in [4.69, 9.17) is 10.4 Å². The first-order chi connectivity index (χ1) is 9.11. The van der Waals surface area contributed by atoms with Crippen molar-refractivity contribution in [2.24, 2.45) is 0 Å². The zero-order valence-corrected chi connectivity index (χ0v) is 10.4. The molecule has 0 saturated carbocycles. The van der Waals surface area contributed by atoms with Crippen molar-refractivity contribution in [1.29, 1.82) is 5.26 Å². The molecule has 0 heterocycles. The number of nitrogens with one attached hydrogen (secondary N) is 1. The first-order valence-corrected chi connectivity index (χ1v) is 5.83. The summed E-state index contributed by atoms with van der Waals surface area (Å²) in [5, 5.41) is 21.3. The molecule has 0 unspecified atom stereocenters. The fourth-order valence-electron chi connectivity index (χ4n) is 1.82. The third-order valence-corrected chi connectivity index (χ3v) is 2.88. The van der Waals surface area contributed by atoms with Gasteiger partial charge >= 0.3 is 0 Å². The van der Waals surface area contributed by atoms with E-state index in [0.717, 1.165) is 11.3 Å². The number of aryl methyl sites for hydroxylation is 1. The van der Waals surface area contributed by atoms with Gasteiger partial charge in [-0.25, -0.2) is 4.39 Å². The summed E-state index contributed by atoms with van der Waals surface area (Å²) in [4.78, 5) is 0. The monoisotopic (exact) mass is 256 g/mol. The Hall–Kier alpha value is -2.54. The zero-order valence-electron chi connectivity index (χ0n) is 10.4. The average molecular weight is 256 g/mol. The van der Waals surface area contributed by atoms with Gasteiger partial charge in [0.05, 0.1) is 11.3 Å². The predicted molar refractivity (Wildman–Crippen MR) is 71.3 cm³/mol. The minimum absolute atomic E-state index is 0.364. The van der Waals surface area contributed by atoms with Crippen molar-refractivity contribution >= 4 is 5.69 Å². The highest BCUT2D eigenvalue weighted by molar-refractivity contribution is 5.60. The van der Waals surface area contributed by atoms with Gasteiger partial charge in [-0.05, 0) is 36.2 Å². The van der Waals surface area contributed by atoms with Gasteiger partial charge in [-0.2, -0.15) is 5.26 Å². The molecule has 2 aromatic rings. The lowest BCUT2D eigenvalue weighted by molar-refractivity contribution is 0.432. The van der Waals surface area contributed by atoms with Crippen LogP contribution in [0.1, 0.15) is 16.7 Å². The van der Waals surface area contributed by atoms with Crippen LogP contribution in [0.3, 0.4) is 0 Å². The van der Waals surface area contributed by atoms with Crippen LogP contribution >= 0.6 is 0 Å². The van der Waals surface area contributed by atoms with Gasteiger partial charge in [-0.3, -0.25) is 0 Å². The van der Waals surface area contributed by atoms with Crippen LogP contribution in [0.15, 0.2) is 36.4 Å². The van der Waals surface area contributed by atoms with Crippen LogP contribution in [0.2, 0.25) is 0 Å². The van der Waals surface area contributed by atoms with Crippen LogP contribution in [-0.4, -0.2) is 5.11 Å². The minimum Gasteiger partial charge on any atom is -0.505 e. The minimum atomic E-state index is -0.649. The van der Waals surface area contributed by atoms with E-state index < -0.39 is 5.82 Å². The van der Waals surface area contributed by atoms with E-state index in [-0.39, 0.29) is 5.75 Å². The summed E-state index contributed by atoms with van der Waals surface area (Å²) in [5.74, 6) is -1.01. The van der Waals surface area contributed by atoms with E-state index >= 15 is 0 Å². The standard InChI is InChI=1S/C15H13FN2O/c1-10-3-2-4-14(12(10)8-17)18-9-11-5-6-15(19)13(16)7-11/h2-7,18-19H,9H2,1H3. The Kier molecular flexibility index (Phi) is 3.67. The molecule has 0 radical (unpaired) electrons. The van der Waals surface area contributed by atoms with Gasteiger partial charge in [-0.15, -0.1) is 0 Å². The number of rotatable bonds is 3.